The van der Waals surface area contributed by atoms with Crippen molar-refractivity contribution in [2.45, 2.75) is 19.4 Å². The van der Waals surface area contributed by atoms with Crippen LogP contribution in [0.25, 0.3) is 39.0 Å². The molecule has 0 N–H and O–H groups in total. The van der Waals surface area contributed by atoms with Gasteiger partial charge in [0.1, 0.15) is 11.3 Å². The van der Waals surface area contributed by atoms with E-state index in [0.717, 1.165) is 29.7 Å². The third-order valence-electron chi connectivity index (χ3n) is 6.30. The molecule has 35 heavy (non-hydrogen) atoms. The van der Waals surface area contributed by atoms with Gasteiger partial charge in [-0.15, -0.1) is 24.8 Å². The molecule has 0 atom stereocenters. The number of furan rings is 1. The van der Waals surface area contributed by atoms with E-state index in [4.69, 9.17) is 16.0 Å². The first kappa shape index (κ1) is 25.3. The zero-order valence-electron chi connectivity index (χ0n) is 18.8. The SMILES string of the molecule is Cl.Cl.O=c1c2cc(-c3ccc(Cl)cn3)oc2ccn1-c1ccc2c(cnn2CCN2CCCC2)c1. The Bertz CT molecular complexity index is 1520. The predicted molar refractivity (Wildman–Crippen MR) is 144 cm³/mol. The molecule has 1 fully saturated rings. The molecule has 5 heterocycles. The summed E-state index contributed by atoms with van der Waals surface area (Å²) in [7, 11) is 0. The number of pyridine rings is 2. The van der Waals surface area contributed by atoms with Gasteiger partial charge >= 0.3 is 0 Å². The van der Waals surface area contributed by atoms with Crippen molar-refractivity contribution in [3.63, 3.8) is 0 Å². The molecule has 0 unspecified atom stereocenters. The minimum absolute atomic E-state index is 0. The van der Waals surface area contributed by atoms with E-state index < -0.39 is 0 Å². The maximum atomic E-state index is 13.3. The van der Waals surface area contributed by atoms with Crippen LogP contribution in [0.4, 0.5) is 0 Å². The number of aromatic nitrogens is 4. The highest BCUT2D eigenvalue weighted by atomic mass is 35.5. The molecule has 7 nitrogen and oxygen atoms in total. The van der Waals surface area contributed by atoms with E-state index in [-0.39, 0.29) is 30.4 Å². The molecule has 1 aromatic carbocycles. The summed E-state index contributed by atoms with van der Waals surface area (Å²) in [6.45, 7) is 4.24. The Balaban J connectivity index is 0.00000144. The molecule has 5 aromatic rings. The molecule has 182 valence electrons. The fourth-order valence-corrected chi connectivity index (χ4v) is 4.64. The second kappa shape index (κ2) is 10.4. The molecule has 10 heteroatoms. The Hall–Kier alpha value is -2.84. The van der Waals surface area contributed by atoms with Gasteiger partial charge in [0.2, 0.25) is 0 Å². The van der Waals surface area contributed by atoms with Gasteiger partial charge in [0, 0.05) is 30.0 Å². The predicted octanol–water partition coefficient (Wildman–Crippen LogP) is 5.59. The maximum Gasteiger partial charge on any atom is 0.266 e. The molecule has 6 rings (SSSR count). The number of fused-ring (bicyclic) bond motifs is 2. The van der Waals surface area contributed by atoms with E-state index in [1.807, 2.05) is 29.1 Å². The first-order valence-corrected chi connectivity index (χ1v) is 11.5. The zero-order chi connectivity index (χ0) is 22.4. The van der Waals surface area contributed by atoms with Gasteiger partial charge in [0.15, 0.2) is 5.76 Å². The van der Waals surface area contributed by atoms with E-state index in [2.05, 4.69) is 15.0 Å². The lowest BCUT2D eigenvalue weighted by Crippen LogP contribution is -2.24. The fourth-order valence-electron chi connectivity index (χ4n) is 4.53. The Kier molecular flexibility index (Phi) is 7.52. The van der Waals surface area contributed by atoms with Gasteiger partial charge in [0.25, 0.3) is 5.56 Å². The Labute approximate surface area is 219 Å². The van der Waals surface area contributed by atoms with Crippen LogP contribution >= 0.6 is 36.4 Å². The van der Waals surface area contributed by atoms with Crippen molar-refractivity contribution in [1.29, 1.82) is 0 Å². The quantitative estimate of drug-likeness (QED) is 0.295. The summed E-state index contributed by atoms with van der Waals surface area (Å²) in [5.74, 6) is 0.534. The summed E-state index contributed by atoms with van der Waals surface area (Å²) in [5, 5.41) is 6.64. The third-order valence-corrected chi connectivity index (χ3v) is 6.52. The van der Waals surface area contributed by atoms with Crippen molar-refractivity contribution in [1.82, 2.24) is 24.2 Å². The number of likely N-dealkylation sites (tertiary alicyclic amines) is 1. The van der Waals surface area contributed by atoms with Crippen molar-refractivity contribution >= 4 is 58.3 Å². The van der Waals surface area contributed by atoms with Gasteiger partial charge < -0.3 is 9.32 Å². The highest BCUT2D eigenvalue weighted by molar-refractivity contribution is 6.30. The van der Waals surface area contributed by atoms with Crippen LogP contribution in [0.5, 0.6) is 0 Å². The highest BCUT2D eigenvalue weighted by Crippen LogP contribution is 2.26. The number of rotatable bonds is 5. The second-order valence-electron chi connectivity index (χ2n) is 8.40. The van der Waals surface area contributed by atoms with Crippen molar-refractivity contribution in [2.24, 2.45) is 0 Å². The normalized spacial score (nSPS) is 13.7. The standard InChI is InChI=1S/C25H22ClN5O2.2ClH/c26-18-3-5-21(27-16-18)24-14-20-23(33-24)7-10-30(25(20)32)19-4-6-22-17(13-19)15-28-31(22)12-11-29-8-1-2-9-29;;/h3-7,10,13-16H,1-2,8-9,11-12H2;2*1H. The molecule has 1 saturated heterocycles. The highest BCUT2D eigenvalue weighted by Gasteiger charge is 2.15. The summed E-state index contributed by atoms with van der Waals surface area (Å²) in [4.78, 5) is 20.0. The topological polar surface area (TPSA) is 69.1 Å². The number of hydrogen-bond acceptors (Lipinski definition) is 5. The summed E-state index contributed by atoms with van der Waals surface area (Å²) in [5.41, 5.74) is 2.88. The van der Waals surface area contributed by atoms with Gasteiger partial charge in [-0.25, -0.2) is 0 Å². The van der Waals surface area contributed by atoms with E-state index in [9.17, 15) is 4.79 Å². The molecule has 0 spiro atoms. The molecule has 0 radical (unpaired) electrons. The van der Waals surface area contributed by atoms with Crippen molar-refractivity contribution in [3.8, 4) is 17.1 Å². The average molecular weight is 533 g/mol. The zero-order valence-corrected chi connectivity index (χ0v) is 21.2. The van der Waals surface area contributed by atoms with Crippen LogP contribution in [-0.4, -0.2) is 43.9 Å². The molecular weight excluding hydrogens is 509 g/mol. The van der Waals surface area contributed by atoms with Crippen molar-refractivity contribution in [3.05, 3.63) is 76.4 Å². The van der Waals surface area contributed by atoms with Crippen LogP contribution in [0.2, 0.25) is 5.02 Å². The van der Waals surface area contributed by atoms with Crippen molar-refractivity contribution in [2.75, 3.05) is 19.6 Å². The lowest BCUT2D eigenvalue weighted by Gasteiger charge is -2.14. The van der Waals surface area contributed by atoms with Crippen LogP contribution < -0.4 is 5.56 Å². The van der Waals surface area contributed by atoms with E-state index in [1.165, 1.54) is 25.9 Å². The van der Waals surface area contributed by atoms with E-state index in [1.54, 1.807) is 41.2 Å². The van der Waals surface area contributed by atoms with Gasteiger partial charge in [-0.3, -0.25) is 19.0 Å². The van der Waals surface area contributed by atoms with Gasteiger partial charge in [0.05, 0.1) is 28.7 Å². The van der Waals surface area contributed by atoms with Crippen LogP contribution in [-0.2, 0) is 6.54 Å². The largest absolute Gasteiger partial charge is 0.454 e. The maximum absolute atomic E-state index is 13.3. The molecule has 1 aliphatic rings. The smallest absolute Gasteiger partial charge is 0.266 e. The lowest BCUT2D eigenvalue weighted by atomic mass is 10.2. The monoisotopic (exact) mass is 531 g/mol. The van der Waals surface area contributed by atoms with Gasteiger partial charge in [-0.1, -0.05) is 11.6 Å². The first-order chi connectivity index (χ1) is 16.2. The van der Waals surface area contributed by atoms with Crippen LogP contribution in [0, 0.1) is 0 Å². The van der Waals surface area contributed by atoms with Crippen LogP contribution in [0.1, 0.15) is 12.8 Å². The fraction of sp³-hybridized carbons (Fsp3) is 0.240. The lowest BCUT2D eigenvalue weighted by molar-refractivity contribution is 0.318. The van der Waals surface area contributed by atoms with Crippen molar-refractivity contribution < 1.29 is 4.42 Å². The summed E-state index contributed by atoms with van der Waals surface area (Å²) >= 11 is 5.93. The summed E-state index contributed by atoms with van der Waals surface area (Å²) in [6.07, 6.45) is 7.75. The van der Waals surface area contributed by atoms with E-state index >= 15 is 0 Å². The van der Waals surface area contributed by atoms with Crippen LogP contribution in [0.15, 0.2) is 70.3 Å². The molecule has 1 aliphatic heterocycles. The molecule has 4 aromatic heterocycles. The van der Waals surface area contributed by atoms with Gasteiger partial charge in [-0.05, 0) is 68.4 Å². The molecule has 0 bridgehead atoms. The number of halogens is 3. The molecular formula is C25H24Cl3N5O2. The minimum Gasteiger partial charge on any atom is -0.454 e. The van der Waals surface area contributed by atoms with E-state index in [0.29, 0.717) is 27.4 Å². The number of nitrogens with zero attached hydrogens (tertiary/aromatic N) is 5. The Morgan fingerprint density at radius 3 is 2.57 bits per heavy atom. The summed E-state index contributed by atoms with van der Waals surface area (Å²) in [6, 6.07) is 13.1. The first-order valence-electron chi connectivity index (χ1n) is 11.1. The molecule has 0 saturated carbocycles. The molecule has 0 aliphatic carbocycles. The minimum atomic E-state index is -0.141. The summed E-state index contributed by atoms with van der Waals surface area (Å²) < 4.78 is 9.56. The number of hydrogen-bond donors (Lipinski definition) is 0. The number of benzene rings is 1. The molecule has 0 amide bonds. The average Bonchev–Trinajstić information content (AvgIpc) is 3.58. The van der Waals surface area contributed by atoms with Gasteiger partial charge in [-0.2, -0.15) is 5.10 Å². The van der Waals surface area contributed by atoms with Crippen LogP contribution in [0.3, 0.4) is 0 Å². The second-order valence-corrected chi connectivity index (χ2v) is 8.84. The Morgan fingerprint density at radius 2 is 1.80 bits per heavy atom. The Morgan fingerprint density at radius 1 is 0.971 bits per heavy atom. The third kappa shape index (κ3) is 4.82.